The number of sulfonamides is 1. The van der Waals surface area contributed by atoms with E-state index in [9.17, 15) is 13.2 Å². The van der Waals surface area contributed by atoms with E-state index in [1.165, 1.54) is 0 Å². The number of rotatable bonds is 2. The average molecular weight is 336 g/mol. The van der Waals surface area contributed by atoms with Gasteiger partial charge in [-0.15, -0.1) is 0 Å². The summed E-state index contributed by atoms with van der Waals surface area (Å²) in [6.45, 7) is 8.93. The maximum Gasteiger partial charge on any atom is 0.243 e. The van der Waals surface area contributed by atoms with Gasteiger partial charge in [-0.3, -0.25) is 4.79 Å². The van der Waals surface area contributed by atoms with E-state index >= 15 is 0 Å². The van der Waals surface area contributed by atoms with Gasteiger partial charge in [0.1, 0.15) is 0 Å². The van der Waals surface area contributed by atoms with Gasteiger partial charge in [-0.1, -0.05) is 13.8 Å². The lowest BCUT2D eigenvalue weighted by molar-refractivity contribution is -0.119. The molecule has 6 heteroatoms. The number of amides is 1. The zero-order chi connectivity index (χ0) is 17.0. The van der Waals surface area contributed by atoms with Gasteiger partial charge in [0, 0.05) is 18.8 Å². The summed E-state index contributed by atoms with van der Waals surface area (Å²) in [4.78, 5) is 12.3. The highest BCUT2D eigenvalue weighted by molar-refractivity contribution is 7.89. The first kappa shape index (κ1) is 16.5. The van der Waals surface area contributed by atoms with Crippen LogP contribution in [0.5, 0.6) is 0 Å². The molecule has 1 fully saturated rings. The third-order valence-corrected chi connectivity index (χ3v) is 6.78. The predicted molar refractivity (Wildman–Crippen MR) is 89.8 cm³/mol. The van der Waals surface area contributed by atoms with Crippen LogP contribution in [-0.2, 0) is 20.2 Å². The van der Waals surface area contributed by atoms with Crippen molar-refractivity contribution in [3.8, 4) is 0 Å². The van der Waals surface area contributed by atoms with Crippen molar-refractivity contribution in [2.24, 2.45) is 11.8 Å². The number of anilines is 1. The van der Waals surface area contributed by atoms with Gasteiger partial charge in [0.05, 0.1) is 10.3 Å². The molecule has 0 aliphatic carbocycles. The number of benzene rings is 1. The molecule has 5 nitrogen and oxygen atoms in total. The molecule has 0 bridgehead atoms. The Morgan fingerprint density at radius 1 is 1.17 bits per heavy atom. The van der Waals surface area contributed by atoms with E-state index in [-0.39, 0.29) is 10.8 Å². The first-order valence-electron chi connectivity index (χ1n) is 8.08. The van der Waals surface area contributed by atoms with Gasteiger partial charge in [-0.05, 0) is 55.9 Å². The highest BCUT2D eigenvalue weighted by atomic mass is 32.2. The minimum atomic E-state index is -3.52. The summed E-state index contributed by atoms with van der Waals surface area (Å²) in [5, 5.41) is 2.81. The van der Waals surface area contributed by atoms with Crippen molar-refractivity contribution in [2.45, 2.75) is 44.4 Å². The molecule has 23 heavy (non-hydrogen) atoms. The van der Waals surface area contributed by atoms with Crippen molar-refractivity contribution in [3.05, 3.63) is 23.8 Å². The number of hydrogen-bond acceptors (Lipinski definition) is 3. The number of hydrogen-bond donors (Lipinski definition) is 1. The number of nitrogens with one attached hydrogen (secondary N) is 1. The van der Waals surface area contributed by atoms with Crippen molar-refractivity contribution in [3.63, 3.8) is 0 Å². The Bertz CT molecular complexity index is 745. The third-order valence-electron chi connectivity index (χ3n) is 4.95. The second-order valence-electron chi connectivity index (χ2n) is 7.55. The maximum atomic E-state index is 13.0. The number of carbonyl (C=O) groups excluding carboxylic acids is 1. The average Bonchev–Trinajstić information content (AvgIpc) is 2.68. The fourth-order valence-corrected chi connectivity index (χ4v) is 5.37. The lowest BCUT2D eigenvalue weighted by Gasteiger charge is -2.34. The Morgan fingerprint density at radius 3 is 2.39 bits per heavy atom. The monoisotopic (exact) mass is 336 g/mol. The van der Waals surface area contributed by atoms with Crippen LogP contribution in [0, 0.1) is 11.8 Å². The second kappa shape index (κ2) is 5.31. The topological polar surface area (TPSA) is 66.5 Å². The van der Waals surface area contributed by atoms with Crippen molar-refractivity contribution in [1.82, 2.24) is 4.31 Å². The van der Waals surface area contributed by atoms with E-state index in [0.717, 1.165) is 12.0 Å². The minimum absolute atomic E-state index is 0.0951. The molecule has 1 amide bonds. The summed E-state index contributed by atoms with van der Waals surface area (Å²) < 4.78 is 27.6. The van der Waals surface area contributed by atoms with Crippen LogP contribution in [0.3, 0.4) is 0 Å². The zero-order valence-corrected chi connectivity index (χ0v) is 14.9. The fraction of sp³-hybridized carbons (Fsp3) is 0.588. The van der Waals surface area contributed by atoms with Crippen LogP contribution in [0.1, 0.15) is 39.7 Å². The Labute approximate surface area is 138 Å². The van der Waals surface area contributed by atoms with E-state index in [2.05, 4.69) is 19.2 Å². The maximum absolute atomic E-state index is 13.0. The first-order chi connectivity index (χ1) is 10.6. The normalized spacial score (nSPS) is 27.6. The van der Waals surface area contributed by atoms with Crippen molar-refractivity contribution >= 4 is 21.6 Å². The van der Waals surface area contributed by atoms with Gasteiger partial charge in [0.25, 0.3) is 0 Å². The molecule has 1 saturated heterocycles. The highest BCUT2D eigenvalue weighted by Gasteiger charge is 2.40. The quantitative estimate of drug-likeness (QED) is 0.903. The molecule has 0 spiro atoms. The molecule has 1 aromatic carbocycles. The molecule has 2 unspecified atom stereocenters. The van der Waals surface area contributed by atoms with E-state index in [1.54, 1.807) is 22.5 Å². The van der Waals surface area contributed by atoms with Gasteiger partial charge in [0.2, 0.25) is 15.9 Å². The Balaban J connectivity index is 1.99. The molecule has 0 saturated carbocycles. The van der Waals surface area contributed by atoms with E-state index in [0.29, 0.717) is 30.6 Å². The summed E-state index contributed by atoms with van der Waals surface area (Å²) in [7, 11) is -3.52. The molecule has 126 valence electrons. The molecule has 1 aromatic rings. The van der Waals surface area contributed by atoms with Crippen LogP contribution in [0.4, 0.5) is 5.69 Å². The number of nitrogens with zero attached hydrogens (tertiary/aromatic N) is 1. The molecule has 2 atom stereocenters. The lowest BCUT2D eigenvalue weighted by atomic mass is 9.86. The number of carbonyl (C=O) groups is 1. The van der Waals surface area contributed by atoms with Crippen LogP contribution in [-0.4, -0.2) is 31.7 Å². The summed E-state index contributed by atoms with van der Waals surface area (Å²) in [5.41, 5.74) is 0.754. The lowest BCUT2D eigenvalue weighted by Crippen LogP contribution is -2.42. The molecule has 2 heterocycles. The van der Waals surface area contributed by atoms with Crippen molar-refractivity contribution < 1.29 is 13.2 Å². The van der Waals surface area contributed by atoms with Gasteiger partial charge in [-0.2, -0.15) is 4.31 Å². The Kier molecular flexibility index (Phi) is 3.80. The molecule has 1 N–H and O–H groups in total. The van der Waals surface area contributed by atoms with Gasteiger partial charge in [0.15, 0.2) is 0 Å². The smallest absolute Gasteiger partial charge is 0.243 e. The number of piperidine rings is 1. The zero-order valence-electron chi connectivity index (χ0n) is 14.1. The Hall–Kier alpha value is -1.40. The Morgan fingerprint density at radius 2 is 1.78 bits per heavy atom. The van der Waals surface area contributed by atoms with Crippen LogP contribution in [0.15, 0.2) is 23.1 Å². The molecule has 0 aromatic heterocycles. The molecule has 3 rings (SSSR count). The van der Waals surface area contributed by atoms with Gasteiger partial charge in [-0.25, -0.2) is 8.42 Å². The van der Waals surface area contributed by atoms with Crippen molar-refractivity contribution in [2.75, 3.05) is 18.4 Å². The van der Waals surface area contributed by atoms with E-state index < -0.39 is 15.4 Å². The minimum Gasteiger partial charge on any atom is -0.325 e. The summed E-state index contributed by atoms with van der Waals surface area (Å²) in [5.74, 6) is 0.632. The van der Waals surface area contributed by atoms with Crippen LogP contribution >= 0.6 is 0 Å². The summed E-state index contributed by atoms with van der Waals surface area (Å²) in [6, 6.07) is 4.96. The van der Waals surface area contributed by atoms with E-state index in [4.69, 9.17) is 0 Å². The van der Waals surface area contributed by atoms with Crippen molar-refractivity contribution in [1.29, 1.82) is 0 Å². The van der Waals surface area contributed by atoms with Crippen LogP contribution in [0.25, 0.3) is 0 Å². The van der Waals surface area contributed by atoms with Crippen LogP contribution < -0.4 is 5.32 Å². The standard InChI is InChI=1S/C17H24N2O3S/c1-11-7-12(2)10-19(9-11)23(21,22)13-5-6-15-14(8-13)17(3,4)16(20)18-15/h5-6,8,11-12H,7,9-10H2,1-4H3,(H,18,20). The highest BCUT2D eigenvalue weighted by Crippen LogP contribution is 2.39. The fourth-order valence-electron chi connectivity index (χ4n) is 3.66. The molecule has 0 radical (unpaired) electrons. The second-order valence-corrected chi connectivity index (χ2v) is 9.49. The third kappa shape index (κ3) is 2.68. The van der Waals surface area contributed by atoms with E-state index in [1.807, 2.05) is 13.8 Å². The van der Waals surface area contributed by atoms with Crippen LogP contribution in [0.2, 0.25) is 0 Å². The number of fused-ring (bicyclic) bond motifs is 1. The SMILES string of the molecule is CC1CC(C)CN(S(=O)(=O)c2ccc3c(c2)C(C)(C)C(=O)N3)C1. The first-order valence-corrected chi connectivity index (χ1v) is 9.52. The molecular formula is C17H24N2O3S. The molecule has 2 aliphatic rings. The molecule has 2 aliphatic heterocycles. The summed E-state index contributed by atoms with van der Waals surface area (Å²) >= 11 is 0. The largest absolute Gasteiger partial charge is 0.325 e. The van der Waals surface area contributed by atoms with Gasteiger partial charge >= 0.3 is 0 Å². The van der Waals surface area contributed by atoms with Gasteiger partial charge < -0.3 is 5.32 Å². The summed E-state index contributed by atoms with van der Waals surface area (Å²) in [6.07, 6.45) is 1.06. The predicted octanol–water partition coefficient (Wildman–Crippen LogP) is 2.58. The molecular weight excluding hydrogens is 312 g/mol.